The third-order valence-electron chi connectivity index (χ3n) is 4.06. The van der Waals surface area contributed by atoms with E-state index in [0.29, 0.717) is 16.6 Å². The molecule has 3 aromatic rings. The van der Waals surface area contributed by atoms with Crippen molar-refractivity contribution in [2.75, 3.05) is 19.0 Å². The Balaban J connectivity index is 1.55. The molecule has 1 amide bonds. The zero-order valence-corrected chi connectivity index (χ0v) is 16.4. The van der Waals surface area contributed by atoms with Crippen molar-refractivity contribution in [1.29, 1.82) is 0 Å². The summed E-state index contributed by atoms with van der Waals surface area (Å²) in [5.41, 5.74) is 4.34. The van der Waals surface area contributed by atoms with Crippen molar-refractivity contribution in [3.63, 3.8) is 0 Å². The molecule has 1 N–H and O–H groups in total. The Morgan fingerprint density at radius 3 is 2.67 bits per heavy atom. The molecule has 0 saturated carbocycles. The highest BCUT2D eigenvalue weighted by molar-refractivity contribution is 7.14. The van der Waals surface area contributed by atoms with Gasteiger partial charge in [0.05, 0.1) is 25.8 Å². The minimum absolute atomic E-state index is 0.133. The molecule has 0 radical (unpaired) electrons. The lowest BCUT2D eigenvalue weighted by Crippen LogP contribution is -2.15. The summed E-state index contributed by atoms with van der Waals surface area (Å²) in [5, 5.41) is 5.38. The largest absolute Gasteiger partial charge is 0.493 e. The molecule has 0 aliphatic carbocycles. The van der Waals surface area contributed by atoms with Gasteiger partial charge in [-0.25, -0.2) is 4.98 Å². The van der Waals surface area contributed by atoms with Gasteiger partial charge >= 0.3 is 0 Å². The summed E-state index contributed by atoms with van der Waals surface area (Å²) in [5.74, 6) is 1.14. The lowest BCUT2D eigenvalue weighted by atomic mass is 10.0. The SMILES string of the molecule is COc1ccccc1OCCC(=O)Nc1nc(-c2ccc(C)cc2C)cs1. The van der Waals surface area contributed by atoms with Crippen LogP contribution in [0.5, 0.6) is 11.5 Å². The molecule has 27 heavy (non-hydrogen) atoms. The molecule has 0 aliphatic heterocycles. The number of para-hydroxylation sites is 2. The first-order valence-electron chi connectivity index (χ1n) is 8.65. The molecule has 0 atom stereocenters. The fourth-order valence-corrected chi connectivity index (χ4v) is 3.46. The maximum atomic E-state index is 12.2. The first-order chi connectivity index (χ1) is 13.1. The average molecular weight is 382 g/mol. The minimum Gasteiger partial charge on any atom is -0.493 e. The van der Waals surface area contributed by atoms with Crippen molar-refractivity contribution in [1.82, 2.24) is 4.98 Å². The minimum atomic E-state index is -0.133. The second-order valence-corrected chi connectivity index (χ2v) is 7.01. The molecule has 3 rings (SSSR count). The van der Waals surface area contributed by atoms with Crippen molar-refractivity contribution in [2.24, 2.45) is 0 Å². The maximum Gasteiger partial charge on any atom is 0.229 e. The number of ether oxygens (including phenoxy) is 2. The molecule has 0 fully saturated rings. The van der Waals surface area contributed by atoms with Crippen LogP contribution < -0.4 is 14.8 Å². The zero-order valence-electron chi connectivity index (χ0n) is 15.6. The number of aromatic nitrogens is 1. The Kier molecular flexibility index (Phi) is 6.08. The highest BCUT2D eigenvalue weighted by Gasteiger charge is 2.10. The fourth-order valence-electron chi connectivity index (χ4n) is 2.73. The van der Waals surface area contributed by atoms with E-state index in [1.54, 1.807) is 7.11 Å². The van der Waals surface area contributed by atoms with E-state index in [9.17, 15) is 4.79 Å². The van der Waals surface area contributed by atoms with Crippen molar-refractivity contribution in [3.8, 4) is 22.8 Å². The number of anilines is 1. The second-order valence-electron chi connectivity index (χ2n) is 6.15. The number of hydrogen-bond donors (Lipinski definition) is 1. The summed E-state index contributed by atoms with van der Waals surface area (Å²) in [6.07, 6.45) is 0.233. The van der Waals surface area contributed by atoms with Gasteiger partial charge in [0.15, 0.2) is 16.6 Å². The van der Waals surface area contributed by atoms with E-state index in [2.05, 4.69) is 42.3 Å². The second kappa shape index (κ2) is 8.68. The predicted octanol–water partition coefficient (Wildman–Crippen LogP) is 4.84. The number of thiazole rings is 1. The van der Waals surface area contributed by atoms with Gasteiger partial charge in [-0.3, -0.25) is 4.79 Å². The molecule has 1 heterocycles. The van der Waals surface area contributed by atoms with Crippen molar-refractivity contribution in [3.05, 3.63) is 59.0 Å². The molecule has 0 aliphatic rings. The highest BCUT2D eigenvalue weighted by atomic mass is 32.1. The van der Waals surface area contributed by atoms with Gasteiger partial charge in [0.2, 0.25) is 5.91 Å². The van der Waals surface area contributed by atoms with Crippen LogP contribution in [0, 0.1) is 13.8 Å². The van der Waals surface area contributed by atoms with Crippen LogP contribution in [0.1, 0.15) is 17.5 Å². The van der Waals surface area contributed by atoms with Crippen LogP contribution in [0.2, 0.25) is 0 Å². The Bertz CT molecular complexity index is 937. The van der Waals surface area contributed by atoms with Gasteiger partial charge in [-0.1, -0.05) is 35.9 Å². The van der Waals surface area contributed by atoms with Crippen LogP contribution >= 0.6 is 11.3 Å². The van der Waals surface area contributed by atoms with Crippen molar-refractivity contribution in [2.45, 2.75) is 20.3 Å². The number of carbonyl (C=O) groups is 1. The summed E-state index contributed by atoms with van der Waals surface area (Å²) >= 11 is 1.42. The van der Waals surface area contributed by atoms with E-state index in [4.69, 9.17) is 9.47 Å². The van der Waals surface area contributed by atoms with Crippen LogP contribution in [0.3, 0.4) is 0 Å². The van der Waals surface area contributed by atoms with Crippen LogP contribution in [-0.4, -0.2) is 24.6 Å². The lowest BCUT2D eigenvalue weighted by Gasteiger charge is -2.09. The Hall–Kier alpha value is -2.86. The molecular weight excluding hydrogens is 360 g/mol. The van der Waals surface area contributed by atoms with Crippen LogP contribution in [0.15, 0.2) is 47.8 Å². The lowest BCUT2D eigenvalue weighted by molar-refractivity contribution is -0.116. The van der Waals surface area contributed by atoms with Crippen LogP contribution in [0.25, 0.3) is 11.3 Å². The molecule has 5 nitrogen and oxygen atoms in total. The van der Waals surface area contributed by atoms with E-state index in [1.807, 2.05) is 29.6 Å². The normalized spacial score (nSPS) is 10.5. The molecule has 6 heteroatoms. The molecule has 140 valence electrons. The quantitative estimate of drug-likeness (QED) is 0.635. The number of nitrogens with one attached hydrogen (secondary N) is 1. The van der Waals surface area contributed by atoms with Crippen LogP contribution in [0.4, 0.5) is 5.13 Å². The predicted molar refractivity (Wildman–Crippen MR) is 109 cm³/mol. The van der Waals surface area contributed by atoms with Gasteiger partial charge in [-0.05, 0) is 31.5 Å². The van der Waals surface area contributed by atoms with E-state index >= 15 is 0 Å². The Labute approximate surface area is 163 Å². The van der Waals surface area contributed by atoms with Crippen LogP contribution in [-0.2, 0) is 4.79 Å². The number of benzene rings is 2. The first-order valence-corrected chi connectivity index (χ1v) is 9.53. The van der Waals surface area contributed by atoms with Gasteiger partial charge < -0.3 is 14.8 Å². The molecular formula is C21H22N2O3S. The Morgan fingerprint density at radius 2 is 1.93 bits per heavy atom. The van der Waals surface area contributed by atoms with Gasteiger partial charge in [0.25, 0.3) is 0 Å². The van der Waals surface area contributed by atoms with E-state index in [1.165, 1.54) is 22.5 Å². The zero-order chi connectivity index (χ0) is 19.2. The monoisotopic (exact) mass is 382 g/mol. The van der Waals surface area contributed by atoms with E-state index in [0.717, 1.165) is 11.3 Å². The molecule has 0 saturated heterocycles. The third kappa shape index (κ3) is 4.86. The number of carbonyl (C=O) groups excluding carboxylic acids is 1. The van der Waals surface area contributed by atoms with Gasteiger partial charge in [-0.15, -0.1) is 11.3 Å². The number of methoxy groups -OCH3 is 1. The number of nitrogens with zero attached hydrogens (tertiary/aromatic N) is 1. The fraction of sp³-hybridized carbons (Fsp3) is 0.238. The average Bonchev–Trinajstić information content (AvgIpc) is 3.10. The third-order valence-corrected chi connectivity index (χ3v) is 4.82. The molecule has 2 aromatic carbocycles. The summed E-state index contributed by atoms with van der Waals surface area (Å²) in [4.78, 5) is 16.7. The standard InChI is InChI=1S/C21H22N2O3S/c1-14-8-9-16(15(2)12-14)17-13-27-21(22-17)23-20(24)10-11-26-19-7-5-4-6-18(19)25-3/h4-9,12-13H,10-11H2,1-3H3,(H,22,23,24). The number of aryl methyl sites for hydroxylation is 2. The first kappa shape index (κ1) is 18.9. The summed E-state index contributed by atoms with van der Waals surface area (Å²) in [6, 6.07) is 13.6. The Morgan fingerprint density at radius 1 is 1.15 bits per heavy atom. The number of hydrogen-bond acceptors (Lipinski definition) is 5. The summed E-state index contributed by atoms with van der Waals surface area (Å²) in [6.45, 7) is 4.40. The van der Waals surface area contributed by atoms with Gasteiger partial charge in [0.1, 0.15) is 0 Å². The number of rotatable bonds is 7. The topological polar surface area (TPSA) is 60.5 Å². The smallest absolute Gasteiger partial charge is 0.229 e. The molecule has 1 aromatic heterocycles. The molecule has 0 bridgehead atoms. The summed E-state index contributed by atoms with van der Waals surface area (Å²) in [7, 11) is 1.59. The molecule has 0 unspecified atom stereocenters. The van der Waals surface area contributed by atoms with Crippen molar-refractivity contribution < 1.29 is 14.3 Å². The van der Waals surface area contributed by atoms with E-state index < -0.39 is 0 Å². The summed E-state index contributed by atoms with van der Waals surface area (Å²) < 4.78 is 10.9. The van der Waals surface area contributed by atoms with E-state index in [-0.39, 0.29) is 18.9 Å². The maximum absolute atomic E-state index is 12.2. The highest BCUT2D eigenvalue weighted by Crippen LogP contribution is 2.28. The number of amides is 1. The van der Waals surface area contributed by atoms with Gasteiger partial charge in [0, 0.05) is 10.9 Å². The van der Waals surface area contributed by atoms with Gasteiger partial charge in [-0.2, -0.15) is 0 Å². The molecule has 0 spiro atoms. The van der Waals surface area contributed by atoms with Crippen molar-refractivity contribution >= 4 is 22.4 Å².